The van der Waals surface area contributed by atoms with E-state index in [0.29, 0.717) is 21.7 Å². The number of benzene rings is 1. The van der Waals surface area contributed by atoms with Crippen molar-refractivity contribution in [1.29, 1.82) is 5.26 Å². The van der Waals surface area contributed by atoms with E-state index in [4.69, 9.17) is 28.2 Å². The number of rotatable bonds is 1. The van der Waals surface area contributed by atoms with Gasteiger partial charge in [0.2, 0.25) is 11.9 Å². The Bertz CT molecular complexity index is 705. The number of nitrogens with one attached hydrogen (secondary N) is 2. The van der Waals surface area contributed by atoms with Gasteiger partial charge < -0.3 is 5.32 Å². The molecule has 2 aliphatic rings. The Morgan fingerprint density at radius 1 is 1.30 bits per heavy atom. The van der Waals surface area contributed by atoms with Gasteiger partial charge in [-0.2, -0.15) is 5.26 Å². The minimum Gasteiger partial charge on any atom is -0.325 e. The van der Waals surface area contributed by atoms with E-state index in [1.54, 1.807) is 18.2 Å². The Hall–Kier alpha value is -1.77. The molecule has 3 rings (SSSR count). The third-order valence-corrected chi connectivity index (χ3v) is 4.96. The zero-order valence-electron chi connectivity index (χ0n) is 12.4. The molecule has 2 N–H and O–H groups in total. The minimum absolute atomic E-state index is 0.308. The molecular formula is C16H16Cl2N4O. The maximum Gasteiger partial charge on any atom is 0.246 e. The highest BCUT2D eigenvalue weighted by Gasteiger charge is 2.47. The zero-order chi connectivity index (χ0) is 16.4. The van der Waals surface area contributed by atoms with Crippen LogP contribution in [-0.4, -0.2) is 17.4 Å². The Labute approximate surface area is 144 Å². The first-order valence-electron chi connectivity index (χ1n) is 7.56. The van der Waals surface area contributed by atoms with E-state index in [2.05, 4.69) is 16.7 Å². The predicted octanol–water partition coefficient (Wildman–Crippen LogP) is 3.73. The molecule has 0 bridgehead atoms. The Morgan fingerprint density at radius 3 is 2.70 bits per heavy atom. The van der Waals surface area contributed by atoms with Crippen molar-refractivity contribution in [2.24, 2.45) is 10.9 Å². The lowest BCUT2D eigenvalue weighted by molar-refractivity contribution is -0.124. The fraction of sp³-hybridized carbons (Fsp3) is 0.438. The monoisotopic (exact) mass is 350 g/mol. The normalized spacial score (nSPS) is 22.9. The number of nitrogens with zero attached hydrogens (tertiary/aromatic N) is 2. The van der Waals surface area contributed by atoms with Crippen LogP contribution in [0.15, 0.2) is 23.2 Å². The minimum atomic E-state index is -0.742. The Kier molecular flexibility index (Phi) is 4.47. The third kappa shape index (κ3) is 3.15. The van der Waals surface area contributed by atoms with Crippen LogP contribution in [-0.2, 0) is 4.79 Å². The van der Waals surface area contributed by atoms with Crippen LogP contribution >= 0.6 is 23.2 Å². The van der Waals surface area contributed by atoms with Crippen LogP contribution in [0.3, 0.4) is 0 Å². The summed E-state index contributed by atoms with van der Waals surface area (Å²) in [5, 5.41) is 16.1. The van der Waals surface area contributed by atoms with Gasteiger partial charge in [-0.15, -0.1) is 0 Å². The molecule has 1 aliphatic heterocycles. The number of hydrogen-bond donors (Lipinski definition) is 2. The molecule has 0 unspecified atom stereocenters. The van der Waals surface area contributed by atoms with Crippen LogP contribution in [0.2, 0.25) is 10.0 Å². The van der Waals surface area contributed by atoms with Crippen LogP contribution < -0.4 is 10.6 Å². The molecule has 0 aromatic heterocycles. The van der Waals surface area contributed by atoms with Crippen molar-refractivity contribution in [3.63, 3.8) is 0 Å². The summed E-state index contributed by atoms with van der Waals surface area (Å²) in [4.78, 5) is 17.0. The SMILES string of the molecule is N#C[C@@H]1C(=O)NC(Nc2ccc(Cl)cc2Cl)=NC12CCCCC2. The maximum absolute atomic E-state index is 12.3. The maximum atomic E-state index is 12.3. The fourth-order valence-corrected chi connectivity index (χ4v) is 3.72. The van der Waals surface area contributed by atoms with Gasteiger partial charge in [0, 0.05) is 5.02 Å². The van der Waals surface area contributed by atoms with Crippen molar-refractivity contribution in [1.82, 2.24) is 5.32 Å². The third-order valence-electron chi connectivity index (χ3n) is 4.41. The molecule has 1 aliphatic carbocycles. The van der Waals surface area contributed by atoms with Gasteiger partial charge in [0.15, 0.2) is 5.92 Å². The van der Waals surface area contributed by atoms with Crippen molar-refractivity contribution in [2.45, 2.75) is 37.6 Å². The van der Waals surface area contributed by atoms with Crippen LogP contribution in [0.25, 0.3) is 0 Å². The number of carbonyl (C=O) groups excluding carboxylic acids is 1. The molecule has 7 heteroatoms. The van der Waals surface area contributed by atoms with E-state index in [-0.39, 0.29) is 5.91 Å². The number of anilines is 1. The molecule has 1 amide bonds. The van der Waals surface area contributed by atoms with E-state index in [1.807, 2.05) is 0 Å². The number of nitriles is 1. The van der Waals surface area contributed by atoms with Gasteiger partial charge in [-0.3, -0.25) is 10.1 Å². The molecule has 1 heterocycles. The zero-order valence-corrected chi connectivity index (χ0v) is 13.9. The summed E-state index contributed by atoms with van der Waals surface area (Å²) in [5.41, 5.74) is -0.0205. The lowest BCUT2D eigenvalue weighted by Gasteiger charge is -2.39. The number of amides is 1. The van der Waals surface area contributed by atoms with Crippen LogP contribution in [0, 0.1) is 17.2 Å². The van der Waals surface area contributed by atoms with E-state index in [1.165, 1.54) is 0 Å². The largest absolute Gasteiger partial charge is 0.325 e. The average molecular weight is 351 g/mol. The number of guanidine groups is 1. The van der Waals surface area contributed by atoms with Gasteiger partial charge >= 0.3 is 0 Å². The summed E-state index contributed by atoms with van der Waals surface area (Å²) >= 11 is 12.0. The molecular weight excluding hydrogens is 335 g/mol. The molecule has 0 saturated heterocycles. The Morgan fingerprint density at radius 2 is 2.04 bits per heavy atom. The fourth-order valence-electron chi connectivity index (χ4n) is 3.27. The summed E-state index contributed by atoms with van der Waals surface area (Å²) in [5.74, 6) is -0.710. The molecule has 1 spiro atoms. The predicted molar refractivity (Wildman–Crippen MR) is 90.6 cm³/mol. The quantitative estimate of drug-likeness (QED) is 0.809. The van der Waals surface area contributed by atoms with Gasteiger partial charge in [-0.1, -0.05) is 42.5 Å². The van der Waals surface area contributed by atoms with Gasteiger partial charge in [0.1, 0.15) is 0 Å². The first-order chi connectivity index (χ1) is 11.0. The molecule has 1 aromatic rings. The number of carbonyl (C=O) groups is 1. The summed E-state index contributed by atoms with van der Waals surface area (Å²) in [6, 6.07) is 7.17. The molecule has 1 aromatic carbocycles. The summed E-state index contributed by atoms with van der Waals surface area (Å²) in [6.45, 7) is 0. The van der Waals surface area contributed by atoms with Crippen molar-refractivity contribution in [3.8, 4) is 6.07 Å². The number of aliphatic imine (C=N–C) groups is 1. The van der Waals surface area contributed by atoms with Gasteiger partial charge in [0.25, 0.3) is 0 Å². The molecule has 1 saturated carbocycles. The van der Waals surface area contributed by atoms with Crippen LogP contribution in [0.1, 0.15) is 32.1 Å². The van der Waals surface area contributed by atoms with Crippen LogP contribution in [0.5, 0.6) is 0 Å². The Balaban J connectivity index is 1.92. The van der Waals surface area contributed by atoms with E-state index in [0.717, 1.165) is 32.1 Å². The second kappa shape index (κ2) is 6.38. The van der Waals surface area contributed by atoms with E-state index >= 15 is 0 Å². The van der Waals surface area contributed by atoms with Gasteiger partial charge in [0.05, 0.1) is 22.3 Å². The van der Waals surface area contributed by atoms with Crippen molar-refractivity contribution in [2.75, 3.05) is 5.32 Å². The number of hydrogen-bond acceptors (Lipinski definition) is 4. The topological polar surface area (TPSA) is 77.3 Å². The summed E-state index contributed by atoms with van der Waals surface area (Å²) in [7, 11) is 0. The molecule has 0 radical (unpaired) electrons. The van der Waals surface area contributed by atoms with E-state index in [9.17, 15) is 10.1 Å². The highest BCUT2D eigenvalue weighted by atomic mass is 35.5. The van der Waals surface area contributed by atoms with Crippen LogP contribution in [0.4, 0.5) is 5.69 Å². The molecule has 5 nitrogen and oxygen atoms in total. The first-order valence-corrected chi connectivity index (χ1v) is 8.32. The smallest absolute Gasteiger partial charge is 0.246 e. The molecule has 1 atom stereocenters. The summed E-state index contributed by atoms with van der Waals surface area (Å²) in [6.07, 6.45) is 4.56. The molecule has 1 fully saturated rings. The van der Waals surface area contributed by atoms with Gasteiger partial charge in [-0.25, -0.2) is 4.99 Å². The second-order valence-corrected chi connectivity index (χ2v) is 6.77. The van der Waals surface area contributed by atoms with Gasteiger partial charge in [-0.05, 0) is 31.0 Å². The lowest BCUT2D eigenvalue weighted by Crippen LogP contribution is -2.55. The highest BCUT2D eigenvalue weighted by Crippen LogP contribution is 2.39. The lowest BCUT2D eigenvalue weighted by atomic mass is 9.72. The summed E-state index contributed by atoms with van der Waals surface area (Å²) < 4.78 is 0. The van der Waals surface area contributed by atoms with Crippen molar-refractivity contribution >= 4 is 40.8 Å². The number of halogens is 2. The van der Waals surface area contributed by atoms with Crippen molar-refractivity contribution < 1.29 is 4.79 Å². The van der Waals surface area contributed by atoms with E-state index < -0.39 is 11.5 Å². The standard InChI is InChI=1S/C16H16Cl2N4O/c17-10-4-5-13(12(18)8-10)20-15-21-14(23)11(9-19)16(22-15)6-2-1-3-7-16/h4-5,8,11H,1-3,6-7H2,(H2,20,21,22,23)/t11-/m1/s1. The first kappa shape index (κ1) is 16.1. The highest BCUT2D eigenvalue weighted by molar-refractivity contribution is 6.36. The molecule has 120 valence electrons. The van der Waals surface area contributed by atoms with Crippen molar-refractivity contribution in [3.05, 3.63) is 28.2 Å². The second-order valence-electron chi connectivity index (χ2n) is 5.93. The molecule has 23 heavy (non-hydrogen) atoms. The average Bonchev–Trinajstić information content (AvgIpc) is 2.51.